The van der Waals surface area contributed by atoms with Gasteiger partial charge in [-0.2, -0.15) is 0 Å². The van der Waals surface area contributed by atoms with Crippen LogP contribution in [-0.4, -0.2) is 60.4 Å². The van der Waals surface area contributed by atoms with Gasteiger partial charge in [0.2, 0.25) is 0 Å². The third-order valence-electron chi connectivity index (χ3n) is 5.14. The summed E-state index contributed by atoms with van der Waals surface area (Å²) in [5.41, 5.74) is 3.34. The molecule has 3 aromatic rings. The molecule has 1 aliphatic heterocycles. The van der Waals surface area contributed by atoms with Crippen molar-refractivity contribution in [3.8, 4) is 0 Å². The fourth-order valence-corrected chi connectivity index (χ4v) is 3.76. The molecule has 1 aliphatic rings. The fraction of sp³-hybridized carbons (Fsp3) is 0.409. The zero-order valence-electron chi connectivity index (χ0n) is 16.3. The van der Waals surface area contributed by atoms with Crippen LogP contribution in [0.5, 0.6) is 0 Å². The molecule has 3 heterocycles. The Hall–Kier alpha value is -2.41. The normalized spacial score (nSPS) is 16.6. The summed E-state index contributed by atoms with van der Waals surface area (Å²) in [4.78, 5) is 9.36. The van der Waals surface area contributed by atoms with Crippen molar-refractivity contribution in [1.82, 2.24) is 9.88 Å². The van der Waals surface area contributed by atoms with E-state index in [1.165, 1.54) is 11.1 Å². The molecule has 1 saturated heterocycles. The number of β-amino-alcohol motifs (C(OH)–C–C–N with tert-alkyl or cyclic N) is 1. The van der Waals surface area contributed by atoms with Crippen molar-refractivity contribution >= 4 is 16.6 Å². The first-order valence-electron chi connectivity index (χ1n) is 9.81. The summed E-state index contributed by atoms with van der Waals surface area (Å²) in [5.74, 6) is 0.778. The standard InChI is InChI=1S/C22H27N3O3/c1-17-13-22(20-6-2-3-7-21(20)23-17)25-10-8-24(9-11-25)14-18(26)15-27-16-19-5-4-12-28-19/h2-7,12-13,18,26H,8-11,14-16H2,1H3. The van der Waals surface area contributed by atoms with Crippen LogP contribution in [0.25, 0.3) is 10.9 Å². The highest BCUT2D eigenvalue weighted by Crippen LogP contribution is 2.27. The number of ether oxygens (including phenoxy) is 1. The minimum absolute atomic E-state index is 0.315. The Morgan fingerprint density at radius 1 is 1.14 bits per heavy atom. The molecular weight excluding hydrogens is 354 g/mol. The summed E-state index contributed by atoms with van der Waals surface area (Å²) in [6.07, 6.45) is 1.13. The zero-order chi connectivity index (χ0) is 19.3. The van der Waals surface area contributed by atoms with Crippen molar-refractivity contribution in [2.75, 3.05) is 44.2 Å². The van der Waals surface area contributed by atoms with Crippen molar-refractivity contribution in [2.45, 2.75) is 19.6 Å². The molecule has 148 valence electrons. The van der Waals surface area contributed by atoms with Crippen LogP contribution in [0.3, 0.4) is 0 Å². The lowest BCUT2D eigenvalue weighted by molar-refractivity contribution is 0.00442. The first-order valence-corrected chi connectivity index (χ1v) is 9.81. The van der Waals surface area contributed by atoms with Gasteiger partial charge >= 0.3 is 0 Å². The second-order valence-corrected chi connectivity index (χ2v) is 7.34. The first kappa shape index (κ1) is 18.9. The maximum atomic E-state index is 10.3. The van der Waals surface area contributed by atoms with Crippen LogP contribution in [-0.2, 0) is 11.3 Å². The molecule has 0 saturated carbocycles. The molecule has 0 spiro atoms. The largest absolute Gasteiger partial charge is 0.467 e. The third-order valence-corrected chi connectivity index (χ3v) is 5.14. The van der Waals surface area contributed by atoms with E-state index in [1.54, 1.807) is 6.26 Å². The number of para-hydroxylation sites is 1. The molecule has 0 bridgehead atoms. The number of furan rings is 1. The van der Waals surface area contributed by atoms with Gasteiger partial charge in [0.15, 0.2) is 0 Å². The van der Waals surface area contributed by atoms with E-state index >= 15 is 0 Å². The van der Waals surface area contributed by atoms with Crippen molar-refractivity contribution in [2.24, 2.45) is 0 Å². The molecule has 0 amide bonds. The van der Waals surface area contributed by atoms with Crippen LogP contribution in [0, 0.1) is 6.92 Å². The zero-order valence-corrected chi connectivity index (χ0v) is 16.3. The van der Waals surface area contributed by atoms with Gasteiger partial charge in [0.05, 0.1) is 24.5 Å². The Morgan fingerprint density at radius 2 is 1.96 bits per heavy atom. The predicted molar refractivity (Wildman–Crippen MR) is 110 cm³/mol. The quantitative estimate of drug-likeness (QED) is 0.679. The Kier molecular flexibility index (Phi) is 5.90. The number of nitrogens with zero attached hydrogens (tertiary/aromatic N) is 3. The molecule has 1 fully saturated rings. The van der Waals surface area contributed by atoms with Crippen LogP contribution in [0.1, 0.15) is 11.5 Å². The summed E-state index contributed by atoms with van der Waals surface area (Å²) in [7, 11) is 0. The molecule has 1 N–H and O–H groups in total. The van der Waals surface area contributed by atoms with Gasteiger partial charge in [-0.3, -0.25) is 9.88 Å². The number of aliphatic hydroxyl groups excluding tert-OH is 1. The third kappa shape index (κ3) is 4.52. The number of piperazine rings is 1. The monoisotopic (exact) mass is 381 g/mol. The molecule has 0 aliphatic carbocycles. The van der Waals surface area contributed by atoms with E-state index in [2.05, 4.69) is 39.0 Å². The number of aliphatic hydroxyl groups is 1. The first-order chi connectivity index (χ1) is 13.7. The highest BCUT2D eigenvalue weighted by atomic mass is 16.5. The van der Waals surface area contributed by atoms with Crippen LogP contribution in [0.4, 0.5) is 5.69 Å². The maximum absolute atomic E-state index is 10.3. The summed E-state index contributed by atoms with van der Waals surface area (Å²) < 4.78 is 10.8. The van der Waals surface area contributed by atoms with E-state index in [0.29, 0.717) is 19.8 Å². The van der Waals surface area contributed by atoms with Crippen LogP contribution in [0.15, 0.2) is 53.1 Å². The number of aromatic nitrogens is 1. The van der Waals surface area contributed by atoms with Gasteiger partial charge in [-0.1, -0.05) is 18.2 Å². The van der Waals surface area contributed by atoms with Crippen LogP contribution in [0.2, 0.25) is 0 Å². The molecule has 1 aromatic carbocycles. The van der Waals surface area contributed by atoms with Crippen molar-refractivity contribution in [1.29, 1.82) is 0 Å². The van der Waals surface area contributed by atoms with E-state index in [9.17, 15) is 5.11 Å². The van der Waals surface area contributed by atoms with Crippen LogP contribution >= 0.6 is 0 Å². The lowest BCUT2D eigenvalue weighted by atomic mass is 10.1. The lowest BCUT2D eigenvalue weighted by Crippen LogP contribution is -2.49. The lowest BCUT2D eigenvalue weighted by Gasteiger charge is -2.37. The second kappa shape index (κ2) is 8.73. The number of benzene rings is 1. The number of pyridine rings is 1. The number of fused-ring (bicyclic) bond motifs is 1. The topological polar surface area (TPSA) is 62.0 Å². The summed E-state index contributed by atoms with van der Waals surface area (Å²) in [6.45, 7) is 7.10. The fourth-order valence-electron chi connectivity index (χ4n) is 3.76. The number of hydrogen-bond acceptors (Lipinski definition) is 6. The highest BCUT2D eigenvalue weighted by Gasteiger charge is 2.21. The number of anilines is 1. The Bertz CT molecular complexity index is 889. The van der Waals surface area contributed by atoms with E-state index < -0.39 is 6.10 Å². The number of hydrogen-bond donors (Lipinski definition) is 1. The summed E-state index contributed by atoms with van der Waals surface area (Å²) in [5, 5.41) is 11.5. The van der Waals surface area contributed by atoms with E-state index in [4.69, 9.17) is 9.15 Å². The molecule has 6 heteroatoms. The average molecular weight is 381 g/mol. The second-order valence-electron chi connectivity index (χ2n) is 7.34. The van der Waals surface area contributed by atoms with E-state index in [-0.39, 0.29) is 0 Å². The van der Waals surface area contributed by atoms with E-state index in [0.717, 1.165) is 43.1 Å². The summed E-state index contributed by atoms with van der Waals surface area (Å²) in [6, 6.07) is 14.2. The van der Waals surface area contributed by atoms with Gasteiger partial charge in [0.25, 0.3) is 0 Å². The van der Waals surface area contributed by atoms with Gasteiger partial charge in [0.1, 0.15) is 12.4 Å². The van der Waals surface area contributed by atoms with Crippen molar-refractivity contribution in [3.63, 3.8) is 0 Å². The van der Waals surface area contributed by atoms with Gasteiger partial charge in [-0.25, -0.2) is 0 Å². The molecule has 28 heavy (non-hydrogen) atoms. The number of aryl methyl sites for hydroxylation is 1. The van der Waals surface area contributed by atoms with Crippen LogP contribution < -0.4 is 4.90 Å². The Labute approximate surface area is 165 Å². The predicted octanol–water partition coefficient (Wildman–Crippen LogP) is 2.84. The molecular formula is C22H27N3O3. The van der Waals surface area contributed by atoms with Gasteiger partial charge in [0, 0.05) is 49.5 Å². The minimum atomic E-state index is -0.495. The maximum Gasteiger partial charge on any atom is 0.129 e. The van der Waals surface area contributed by atoms with E-state index in [1.807, 2.05) is 25.1 Å². The Balaban J connectivity index is 1.29. The van der Waals surface area contributed by atoms with Gasteiger partial charge in [-0.15, -0.1) is 0 Å². The molecule has 1 unspecified atom stereocenters. The highest BCUT2D eigenvalue weighted by molar-refractivity contribution is 5.92. The smallest absolute Gasteiger partial charge is 0.129 e. The van der Waals surface area contributed by atoms with Gasteiger partial charge < -0.3 is 19.2 Å². The Morgan fingerprint density at radius 3 is 2.75 bits per heavy atom. The molecule has 1 atom stereocenters. The summed E-state index contributed by atoms with van der Waals surface area (Å²) >= 11 is 0. The van der Waals surface area contributed by atoms with Crippen molar-refractivity contribution in [3.05, 3.63) is 60.2 Å². The molecule has 2 aromatic heterocycles. The SMILES string of the molecule is Cc1cc(N2CCN(CC(O)COCc3ccco3)CC2)c2ccccc2n1. The molecule has 4 rings (SSSR count). The molecule has 6 nitrogen and oxygen atoms in total. The number of rotatable bonds is 7. The average Bonchev–Trinajstić information content (AvgIpc) is 3.21. The van der Waals surface area contributed by atoms with Gasteiger partial charge in [-0.05, 0) is 31.2 Å². The molecule has 0 radical (unpaired) electrons. The van der Waals surface area contributed by atoms with Crippen molar-refractivity contribution < 1.29 is 14.3 Å². The minimum Gasteiger partial charge on any atom is -0.467 e.